The van der Waals surface area contributed by atoms with Crippen LogP contribution in [0.4, 0.5) is 0 Å². The van der Waals surface area contributed by atoms with Gasteiger partial charge in [-0.05, 0) is 19.1 Å². The van der Waals surface area contributed by atoms with Crippen LogP contribution in [-0.2, 0) is 19.9 Å². The van der Waals surface area contributed by atoms with Crippen LogP contribution in [0.5, 0.6) is 5.75 Å². The molecule has 7 heteroatoms. The van der Waals surface area contributed by atoms with Gasteiger partial charge in [0.1, 0.15) is 11.5 Å². The van der Waals surface area contributed by atoms with Crippen molar-refractivity contribution < 1.29 is 22.2 Å². The van der Waals surface area contributed by atoms with Crippen LogP contribution in [-0.4, -0.2) is 20.1 Å². The molecule has 1 rings (SSSR count). The number of hydrogen-bond donors (Lipinski definition) is 1. The highest BCUT2D eigenvalue weighted by molar-refractivity contribution is 7.85. The third-order valence-electron chi connectivity index (χ3n) is 1.60. The number of ketones is 1. The monoisotopic (exact) mass is 257 g/mol. The van der Waals surface area contributed by atoms with Crippen molar-refractivity contribution in [1.29, 1.82) is 0 Å². The lowest BCUT2D eigenvalue weighted by Gasteiger charge is -2.06. The Balaban J connectivity index is 2.64. The van der Waals surface area contributed by atoms with Gasteiger partial charge < -0.3 is 4.18 Å². The molecule has 0 aliphatic carbocycles. The lowest BCUT2D eigenvalue weighted by molar-refractivity contribution is -0.126. The average Bonchev–Trinajstić information content (AvgIpc) is 2.15. The highest BCUT2D eigenvalue weighted by Crippen LogP contribution is 2.10. The third kappa shape index (κ3) is 5.12. The van der Waals surface area contributed by atoms with Crippen LogP contribution < -0.4 is 8.91 Å². The van der Waals surface area contributed by atoms with E-state index in [9.17, 15) is 18.0 Å². The Morgan fingerprint density at radius 3 is 2.35 bits per heavy atom. The van der Waals surface area contributed by atoms with Gasteiger partial charge >= 0.3 is 10.3 Å². The summed E-state index contributed by atoms with van der Waals surface area (Å²) < 4.78 is 28.9. The number of amides is 1. The molecular formula is C10H11NO5S. The van der Waals surface area contributed by atoms with Crippen molar-refractivity contribution in [1.82, 2.24) is 4.72 Å². The summed E-state index contributed by atoms with van der Waals surface area (Å²) in [4.78, 5) is 21.7. The average molecular weight is 257 g/mol. The number of rotatable bonds is 5. The molecule has 6 nitrogen and oxygen atoms in total. The molecule has 0 aromatic heterocycles. The van der Waals surface area contributed by atoms with Crippen LogP contribution in [0.25, 0.3) is 0 Å². The Labute approximate surface area is 98.8 Å². The van der Waals surface area contributed by atoms with Crippen molar-refractivity contribution >= 4 is 22.0 Å². The van der Waals surface area contributed by atoms with E-state index < -0.39 is 28.4 Å². The lowest BCUT2D eigenvalue weighted by Crippen LogP contribution is -2.34. The van der Waals surface area contributed by atoms with Crippen molar-refractivity contribution in [2.24, 2.45) is 0 Å². The largest absolute Gasteiger partial charge is 0.409 e. The van der Waals surface area contributed by atoms with Gasteiger partial charge in [0.15, 0.2) is 0 Å². The highest BCUT2D eigenvalue weighted by atomic mass is 32.2. The van der Waals surface area contributed by atoms with E-state index in [4.69, 9.17) is 0 Å². The first-order chi connectivity index (χ1) is 7.89. The topological polar surface area (TPSA) is 89.5 Å². The van der Waals surface area contributed by atoms with E-state index in [0.717, 1.165) is 0 Å². The van der Waals surface area contributed by atoms with Gasteiger partial charge in [-0.3, -0.25) is 9.59 Å². The minimum absolute atomic E-state index is 0.0793. The Morgan fingerprint density at radius 1 is 1.24 bits per heavy atom. The molecule has 1 amide bonds. The Bertz CT molecular complexity index is 509. The second kappa shape index (κ2) is 5.44. The van der Waals surface area contributed by atoms with Gasteiger partial charge in [-0.15, -0.1) is 0 Å². The fraction of sp³-hybridized carbons (Fsp3) is 0.200. The zero-order chi connectivity index (χ0) is 12.9. The second-order valence-corrected chi connectivity index (χ2v) is 4.53. The molecule has 0 heterocycles. The Hall–Kier alpha value is -1.89. The van der Waals surface area contributed by atoms with Gasteiger partial charge in [-0.25, -0.2) is 4.72 Å². The maximum absolute atomic E-state index is 11.3. The Kier molecular flexibility index (Phi) is 4.22. The zero-order valence-electron chi connectivity index (χ0n) is 9.04. The maximum atomic E-state index is 11.3. The smallest absolute Gasteiger partial charge is 0.367 e. The molecule has 0 saturated carbocycles. The summed E-state index contributed by atoms with van der Waals surface area (Å²) in [6.07, 6.45) is -0.503. The summed E-state index contributed by atoms with van der Waals surface area (Å²) in [6, 6.07) is 7.71. The van der Waals surface area contributed by atoms with Gasteiger partial charge in [-0.2, -0.15) is 8.42 Å². The summed E-state index contributed by atoms with van der Waals surface area (Å²) in [6.45, 7) is 1.18. The van der Waals surface area contributed by atoms with E-state index in [-0.39, 0.29) is 5.75 Å². The van der Waals surface area contributed by atoms with Crippen LogP contribution >= 0.6 is 0 Å². The van der Waals surface area contributed by atoms with E-state index >= 15 is 0 Å². The molecule has 92 valence electrons. The third-order valence-corrected chi connectivity index (χ3v) is 2.49. The van der Waals surface area contributed by atoms with Crippen molar-refractivity contribution in [3.05, 3.63) is 30.3 Å². The molecular weight excluding hydrogens is 246 g/mol. The number of benzene rings is 1. The predicted molar refractivity (Wildman–Crippen MR) is 59.4 cm³/mol. The number of para-hydroxylation sites is 1. The highest BCUT2D eigenvalue weighted by Gasteiger charge is 2.17. The molecule has 0 atom stereocenters. The molecule has 0 spiro atoms. The van der Waals surface area contributed by atoms with Crippen molar-refractivity contribution in [3.63, 3.8) is 0 Å². The first kappa shape index (κ1) is 13.2. The molecule has 0 unspecified atom stereocenters. The summed E-state index contributed by atoms with van der Waals surface area (Å²) in [5.41, 5.74) is 0. The van der Waals surface area contributed by atoms with E-state index in [1.165, 1.54) is 19.1 Å². The molecule has 0 radical (unpaired) electrons. The summed E-state index contributed by atoms with van der Waals surface area (Å²) in [5, 5.41) is 0. The lowest BCUT2D eigenvalue weighted by atomic mass is 10.3. The molecule has 0 saturated heterocycles. The maximum Gasteiger partial charge on any atom is 0.409 e. The van der Waals surface area contributed by atoms with Crippen LogP contribution in [0.15, 0.2) is 30.3 Å². The molecule has 1 aromatic rings. The standard InChI is InChI=1S/C10H11NO5S/c1-8(12)7-10(13)11-17(14,15)16-9-5-3-2-4-6-9/h2-6H,7H2,1H3,(H,11,13). The molecule has 17 heavy (non-hydrogen) atoms. The normalized spacial score (nSPS) is 10.6. The number of carbonyl (C=O) groups excluding carboxylic acids is 2. The summed E-state index contributed by atoms with van der Waals surface area (Å²) in [7, 11) is -4.23. The number of nitrogens with one attached hydrogen (secondary N) is 1. The first-order valence-corrected chi connectivity index (χ1v) is 6.09. The van der Waals surface area contributed by atoms with Crippen molar-refractivity contribution in [3.8, 4) is 5.75 Å². The zero-order valence-corrected chi connectivity index (χ0v) is 9.86. The number of carbonyl (C=O) groups is 2. The van der Waals surface area contributed by atoms with E-state index in [1.807, 2.05) is 0 Å². The van der Waals surface area contributed by atoms with E-state index in [1.54, 1.807) is 22.9 Å². The van der Waals surface area contributed by atoms with Crippen molar-refractivity contribution in [2.45, 2.75) is 13.3 Å². The van der Waals surface area contributed by atoms with Gasteiger partial charge in [0, 0.05) is 0 Å². The van der Waals surface area contributed by atoms with Crippen LogP contribution in [0.3, 0.4) is 0 Å². The first-order valence-electron chi connectivity index (χ1n) is 4.68. The predicted octanol–water partition coefficient (Wildman–Crippen LogP) is 0.405. The molecule has 0 aliphatic heterocycles. The quantitative estimate of drug-likeness (QED) is 0.771. The fourth-order valence-electron chi connectivity index (χ4n) is 1.03. The summed E-state index contributed by atoms with van der Waals surface area (Å²) >= 11 is 0. The second-order valence-electron chi connectivity index (χ2n) is 3.25. The van der Waals surface area contributed by atoms with Crippen molar-refractivity contribution in [2.75, 3.05) is 0 Å². The van der Waals surface area contributed by atoms with Gasteiger partial charge in [0.05, 0.1) is 6.42 Å². The fourth-order valence-corrected chi connectivity index (χ4v) is 1.78. The van der Waals surface area contributed by atoms with Crippen LogP contribution in [0, 0.1) is 0 Å². The minimum Gasteiger partial charge on any atom is -0.367 e. The van der Waals surface area contributed by atoms with Crippen LogP contribution in [0.1, 0.15) is 13.3 Å². The van der Waals surface area contributed by atoms with Gasteiger partial charge in [-0.1, -0.05) is 18.2 Å². The molecule has 0 fully saturated rings. The Morgan fingerprint density at radius 2 is 1.82 bits per heavy atom. The van der Waals surface area contributed by atoms with E-state index in [2.05, 4.69) is 4.18 Å². The molecule has 1 aromatic carbocycles. The molecule has 1 N–H and O–H groups in total. The van der Waals surface area contributed by atoms with E-state index in [0.29, 0.717) is 0 Å². The number of hydrogen-bond acceptors (Lipinski definition) is 5. The van der Waals surface area contributed by atoms with Crippen LogP contribution in [0.2, 0.25) is 0 Å². The molecule has 0 bridgehead atoms. The number of Topliss-reactive ketones (excluding diaryl/α,β-unsaturated/α-hetero) is 1. The summed E-state index contributed by atoms with van der Waals surface area (Å²) in [5.74, 6) is -1.28. The van der Waals surface area contributed by atoms with Gasteiger partial charge in [0.2, 0.25) is 5.91 Å². The SMILES string of the molecule is CC(=O)CC(=O)NS(=O)(=O)Oc1ccccc1. The van der Waals surface area contributed by atoms with Gasteiger partial charge in [0.25, 0.3) is 0 Å². The minimum atomic E-state index is -4.23. The molecule has 0 aliphatic rings.